The third-order valence-electron chi connectivity index (χ3n) is 2.66. The molecule has 0 atom stereocenters. The molecule has 0 aliphatic heterocycles. The molecule has 0 bridgehead atoms. The summed E-state index contributed by atoms with van der Waals surface area (Å²) in [6.45, 7) is 3.33. The standard InChI is InChI=1S/C15H13NO2/c1-2-14(17)10-16-15(18)13-8-7-11-5-3-4-6-12(11)9-13/h2-9H,1,10H2,(H,16,18). The highest BCUT2D eigenvalue weighted by Gasteiger charge is 2.06. The molecule has 3 heteroatoms. The predicted octanol–water partition coefficient (Wildman–Crippen LogP) is 2.32. The number of rotatable bonds is 4. The van der Waals surface area contributed by atoms with Crippen LogP contribution in [0.4, 0.5) is 0 Å². The quantitative estimate of drug-likeness (QED) is 0.832. The molecule has 0 unspecified atom stereocenters. The summed E-state index contributed by atoms with van der Waals surface area (Å²) in [5.41, 5.74) is 0.547. The molecule has 2 rings (SSSR count). The molecule has 0 heterocycles. The Morgan fingerprint density at radius 1 is 1.11 bits per heavy atom. The smallest absolute Gasteiger partial charge is 0.251 e. The van der Waals surface area contributed by atoms with Gasteiger partial charge in [-0.2, -0.15) is 0 Å². The third kappa shape index (κ3) is 2.63. The number of hydrogen-bond donors (Lipinski definition) is 1. The van der Waals surface area contributed by atoms with Crippen LogP contribution in [0.15, 0.2) is 55.1 Å². The van der Waals surface area contributed by atoms with E-state index >= 15 is 0 Å². The Bertz CT molecular complexity index is 617. The molecule has 3 nitrogen and oxygen atoms in total. The minimum atomic E-state index is -0.254. The second-order valence-electron chi connectivity index (χ2n) is 3.92. The Hall–Kier alpha value is -2.42. The average Bonchev–Trinajstić information content (AvgIpc) is 2.43. The average molecular weight is 239 g/mol. The Kier molecular flexibility index (Phi) is 3.53. The van der Waals surface area contributed by atoms with E-state index in [0.717, 1.165) is 10.8 Å². The van der Waals surface area contributed by atoms with Gasteiger partial charge in [-0.05, 0) is 29.0 Å². The number of carbonyl (C=O) groups excluding carboxylic acids is 2. The molecular formula is C15H13NO2. The van der Waals surface area contributed by atoms with Crippen molar-refractivity contribution < 1.29 is 9.59 Å². The monoisotopic (exact) mass is 239 g/mol. The van der Waals surface area contributed by atoms with E-state index in [9.17, 15) is 9.59 Å². The first-order chi connectivity index (χ1) is 8.70. The Balaban J connectivity index is 2.17. The fourth-order valence-electron chi connectivity index (χ4n) is 1.67. The van der Waals surface area contributed by atoms with Gasteiger partial charge in [0.1, 0.15) is 0 Å². The van der Waals surface area contributed by atoms with E-state index in [-0.39, 0.29) is 18.2 Å². The molecule has 0 spiro atoms. The third-order valence-corrected chi connectivity index (χ3v) is 2.66. The van der Waals surface area contributed by atoms with Gasteiger partial charge in [-0.1, -0.05) is 36.9 Å². The molecule has 2 aromatic rings. The van der Waals surface area contributed by atoms with E-state index in [4.69, 9.17) is 0 Å². The zero-order valence-corrected chi connectivity index (χ0v) is 9.85. The minimum absolute atomic E-state index is 0.0187. The van der Waals surface area contributed by atoms with Crippen LogP contribution in [-0.4, -0.2) is 18.2 Å². The number of nitrogens with one attached hydrogen (secondary N) is 1. The summed E-state index contributed by atoms with van der Waals surface area (Å²) >= 11 is 0. The van der Waals surface area contributed by atoms with Crippen molar-refractivity contribution in [2.75, 3.05) is 6.54 Å². The number of amides is 1. The zero-order chi connectivity index (χ0) is 13.0. The molecule has 2 aromatic carbocycles. The van der Waals surface area contributed by atoms with Gasteiger partial charge in [0, 0.05) is 5.56 Å². The van der Waals surface area contributed by atoms with Crippen LogP contribution in [0.2, 0.25) is 0 Å². The highest BCUT2D eigenvalue weighted by molar-refractivity contribution is 6.01. The summed E-state index contributed by atoms with van der Waals surface area (Å²) < 4.78 is 0. The molecule has 0 aliphatic carbocycles. The lowest BCUT2D eigenvalue weighted by molar-refractivity contribution is -0.113. The van der Waals surface area contributed by atoms with Gasteiger partial charge in [-0.15, -0.1) is 0 Å². The van der Waals surface area contributed by atoms with Gasteiger partial charge >= 0.3 is 0 Å². The Labute approximate surface area is 105 Å². The zero-order valence-electron chi connectivity index (χ0n) is 9.85. The van der Waals surface area contributed by atoms with Gasteiger partial charge in [-0.25, -0.2) is 0 Å². The first-order valence-electron chi connectivity index (χ1n) is 5.63. The molecule has 1 N–H and O–H groups in total. The molecule has 1 amide bonds. The first kappa shape index (κ1) is 12.0. The van der Waals surface area contributed by atoms with Crippen LogP contribution in [0.3, 0.4) is 0 Å². The lowest BCUT2D eigenvalue weighted by atomic mass is 10.1. The van der Waals surface area contributed by atoms with E-state index in [0.29, 0.717) is 5.56 Å². The van der Waals surface area contributed by atoms with Gasteiger partial charge in [-0.3, -0.25) is 9.59 Å². The van der Waals surface area contributed by atoms with E-state index in [1.165, 1.54) is 6.08 Å². The van der Waals surface area contributed by atoms with Crippen molar-refractivity contribution >= 4 is 22.5 Å². The summed E-state index contributed by atoms with van der Waals surface area (Å²) in [5, 5.41) is 4.63. The summed E-state index contributed by atoms with van der Waals surface area (Å²) in [6.07, 6.45) is 1.20. The van der Waals surface area contributed by atoms with Crippen molar-refractivity contribution in [1.82, 2.24) is 5.32 Å². The SMILES string of the molecule is C=CC(=O)CNC(=O)c1ccc2ccccc2c1. The number of carbonyl (C=O) groups is 2. The van der Waals surface area contributed by atoms with Crippen molar-refractivity contribution in [3.63, 3.8) is 0 Å². The lowest BCUT2D eigenvalue weighted by Crippen LogP contribution is -2.28. The Morgan fingerprint density at radius 3 is 2.56 bits per heavy atom. The molecular weight excluding hydrogens is 226 g/mol. The lowest BCUT2D eigenvalue weighted by Gasteiger charge is -2.04. The highest BCUT2D eigenvalue weighted by atomic mass is 16.2. The predicted molar refractivity (Wildman–Crippen MR) is 71.5 cm³/mol. The number of ketones is 1. The van der Waals surface area contributed by atoms with Gasteiger partial charge < -0.3 is 5.32 Å². The summed E-state index contributed by atoms with van der Waals surface area (Å²) in [5.74, 6) is -0.458. The fraction of sp³-hybridized carbons (Fsp3) is 0.0667. The number of benzene rings is 2. The molecule has 0 saturated carbocycles. The van der Waals surface area contributed by atoms with Crippen LogP contribution in [0.1, 0.15) is 10.4 Å². The second-order valence-corrected chi connectivity index (χ2v) is 3.92. The summed E-state index contributed by atoms with van der Waals surface area (Å²) in [4.78, 5) is 22.8. The molecule has 0 radical (unpaired) electrons. The normalized spacial score (nSPS) is 10.0. The van der Waals surface area contributed by atoms with Crippen LogP contribution < -0.4 is 5.32 Å². The van der Waals surface area contributed by atoms with Gasteiger partial charge in [0.05, 0.1) is 6.54 Å². The molecule has 18 heavy (non-hydrogen) atoms. The van der Waals surface area contributed by atoms with E-state index in [1.54, 1.807) is 6.07 Å². The van der Waals surface area contributed by atoms with Crippen LogP contribution in [0.25, 0.3) is 10.8 Å². The summed E-state index contributed by atoms with van der Waals surface area (Å²) in [6, 6.07) is 13.2. The van der Waals surface area contributed by atoms with Gasteiger partial charge in [0.25, 0.3) is 5.91 Å². The number of hydrogen-bond acceptors (Lipinski definition) is 2. The van der Waals surface area contributed by atoms with Crippen molar-refractivity contribution in [2.45, 2.75) is 0 Å². The van der Waals surface area contributed by atoms with Crippen molar-refractivity contribution in [1.29, 1.82) is 0 Å². The summed E-state index contributed by atoms with van der Waals surface area (Å²) in [7, 11) is 0. The van der Waals surface area contributed by atoms with Gasteiger partial charge in [0.15, 0.2) is 5.78 Å². The fourth-order valence-corrected chi connectivity index (χ4v) is 1.67. The molecule has 0 fully saturated rings. The largest absolute Gasteiger partial charge is 0.345 e. The van der Waals surface area contributed by atoms with E-state index in [1.807, 2.05) is 36.4 Å². The van der Waals surface area contributed by atoms with Gasteiger partial charge in [0.2, 0.25) is 0 Å². The molecule has 90 valence electrons. The Morgan fingerprint density at radius 2 is 1.83 bits per heavy atom. The van der Waals surface area contributed by atoms with Crippen LogP contribution in [-0.2, 0) is 4.79 Å². The van der Waals surface area contributed by atoms with E-state index in [2.05, 4.69) is 11.9 Å². The molecule has 0 saturated heterocycles. The second kappa shape index (κ2) is 5.27. The van der Waals surface area contributed by atoms with Crippen molar-refractivity contribution in [3.05, 3.63) is 60.7 Å². The highest BCUT2D eigenvalue weighted by Crippen LogP contribution is 2.15. The number of fused-ring (bicyclic) bond motifs is 1. The maximum Gasteiger partial charge on any atom is 0.251 e. The van der Waals surface area contributed by atoms with Crippen molar-refractivity contribution in [3.8, 4) is 0 Å². The van der Waals surface area contributed by atoms with E-state index < -0.39 is 0 Å². The minimum Gasteiger partial charge on any atom is -0.345 e. The topological polar surface area (TPSA) is 46.2 Å². The van der Waals surface area contributed by atoms with Crippen molar-refractivity contribution in [2.24, 2.45) is 0 Å². The van der Waals surface area contributed by atoms with Crippen LogP contribution in [0.5, 0.6) is 0 Å². The van der Waals surface area contributed by atoms with Crippen LogP contribution in [0, 0.1) is 0 Å². The maximum atomic E-state index is 11.8. The maximum absolute atomic E-state index is 11.8. The first-order valence-corrected chi connectivity index (χ1v) is 5.63. The molecule has 0 aliphatic rings. The molecule has 0 aromatic heterocycles. The van der Waals surface area contributed by atoms with Crippen LogP contribution >= 0.6 is 0 Å².